The van der Waals surface area contributed by atoms with Gasteiger partial charge in [-0.05, 0) is 43.3 Å². The molecule has 2 aromatic rings. The van der Waals surface area contributed by atoms with E-state index in [4.69, 9.17) is 16.3 Å². The highest BCUT2D eigenvalue weighted by molar-refractivity contribution is 9.10. The van der Waals surface area contributed by atoms with E-state index in [1.165, 1.54) is 23.6 Å². The number of hydrogen-bond acceptors (Lipinski definition) is 3. The van der Waals surface area contributed by atoms with E-state index in [1.807, 2.05) is 31.2 Å². The zero-order valence-electron chi connectivity index (χ0n) is 11.2. The van der Waals surface area contributed by atoms with Crippen molar-refractivity contribution in [1.82, 2.24) is 0 Å². The number of hydrogen-bond donors (Lipinski definition) is 0. The first-order valence-corrected chi connectivity index (χ1v) is 8.10. The van der Waals surface area contributed by atoms with Crippen molar-refractivity contribution in [3.05, 3.63) is 74.8 Å². The molecule has 0 saturated heterocycles. The van der Waals surface area contributed by atoms with E-state index in [2.05, 4.69) is 15.9 Å². The second-order valence-corrected chi connectivity index (χ2v) is 6.91. The molecule has 0 atom stereocenters. The number of ether oxygens (including phenoxy) is 1. The van der Waals surface area contributed by atoms with Gasteiger partial charge in [0.25, 0.3) is 0 Å². The normalized spacial score (nSPS) is 11.3. The number of carbonyl (C=O) groups is 1. The molecule has 2 nitrogen and oxygen atoms in total. The summed E-state index contributed by atoms with van der Waals surface area (Å²) in [5.41, 5.74) is 1.65. The average Bonchev–Trinajstić information content (AvgIpc) is 2.48. The van der Waals surface area contributed by atoms with Gasteiger partial charge in [-0.15, -0.1) is 0 Å². The molecule has 0 amide bonds. The molecule has 0 heterocycles. The van der Waals surface area contributed by atoms with Crippen molar-refractivity contribution < 1.29 is 9.53 Å². The van der Waals surface area contributed by atoms with Gasteiger partial charge in [-0.2, -0.15) is 0 Å². The van der Waals surface area contributed by atoms with E-state index < -0.39 is 5.97 Å². The van der Waals surface area contributed by atoms with E-state index >= 15 is 0 Å². The molecule has 108 valence electrons. The van der Waals surface area contributed by atoms with E-state index in [-0.39, 0.29) is 0 Å². The highest BCUT2D eigenvalue weighted by atomic mass is 79.9. The minimum Gasteiger partial charge on any atom is -0.429 e. The summed E-state index contributed by atoms with van der Waals surface area (Å²) < 4.78 is 6.35. The SMILES string of the molecule is Cc1ccc(S/C(Cl)=C\OC(=O)c2ccc(Br)cc2)cc1. The molecule has 0 aliphatic rings. The zero-order chi connectivity index (χ0) is 15.2. The molecule has 0 N–H and O–H groups in total. The lowest BCUT2D eigenvalue weighted by Crippen LogP contribution is -2.00. The third kappa shape index (κ3) is 5.23. The summed E-state index contributed by atoms with van der Waals surface area (Å²) in [5, 5.41) is 0. The van der Waals surface area contributed by atoms with Crippen molar-refractivity contribution in [2.75, 3.05) is 0 Å². The van der Waals surface area contributed by atoms with Gasteiger partial charge in [-0.3, -0.25) is 0 Å². The van der Waals surface area contributed by atoms with Gasteiger partial charge in [0.05, 0.1) is 5.56 Å². The highest BCUT2D eigenvalue weighted by Gasteiger charge is 2.06. The summed E-state index contributed by atoms with van der Waals surface area (Å²) >= 11 is 10.7. The Morgan fingerprint density at radius 2 is 1.76 bits per heavy atom. The van der Waals surface area contributed by atoms with Gasteiger partial charge in [-0.1, -0.05) is 57.0 Å². The molecule has 2 aromatic carbocycles. The number of halogens is 2. The molecule has 0 bridgehead atoms. The van der Waals surface area contributed by atoms with Crippen molar-refractivity contribution in [3.8, 4) is 0 Å². The minimum absolute atomic E-state index is 0.393. The molecule has 0 fully saturated rings. The number of benzene rings is 2. The van der Waals surface area contributed by atoms with Crippen LogP contribution in [-0.2, 0) is 4.74 Å². The van der Waals surface area contributed by atoms with Gasteiger partial charge in [0.2, 0.25) is 0 Å². The first kappa shape index (κ1) is 16.1. The maximum absolute atomic E-state index is 11.8. The number of carbonyl (C=O) groups excluding carboxylic acids is 1. The third-order valence-corrected chi connectivity index (χ3v) is 4.22. The molecule has 0 radical (unpaired) electrons. The summed E-state index contributed by atoms with van der Waals surface area (Å²) in [7, 11) is 0. The maximum atomic E-state index is 11.8. The van der Waals surface area contributed by atoms with E-state index in [0.717, 1.165) is 9.37 Å². The molecule has 0 aromatic heterocycles. The summed E-state index contributed by atoms with van der Waals surface area (Å²) in [4.78, 5) is 12.8. The van der Waals surface area contributed by atoms with E-state index in [1.54, 1.807) is 24.3 Å². The molecule has 0 aliphatic carbocycles. The third-order valence-electron chi connectivity index (χ3n) is 2.57. The van der Waals surface area contributed by atoms with E-state index in [9.17, 15) is 4.79 Å². The lowest BCUT2D eigenvalue weighted by Gasteiger charge is -2.02. The first-order valence-electron chi connectivity index (χ1n) is 6.11. The summed E-state index contributed by atoms with van der Waals surface area (Å²) in [6.07, 6.45) is 1.26. The molecule has 0 aliphatic heterocycles. The molecule has 0 unspecified atom stereocenters. The monoisotopic (exact) mass is 382 g/mol. The minimum atomic E-state index is -0.440. The average molecular weight is 384 g/mol. The molecule has 5 heteroatoms. The Hall–Kier alpha value is -1.23. The lowest BCUT2D eigenvalue weighted by molar-refractivity contribution is 0.0663. The number of rotatable bonds is 4. The fourth-order valence-electron chi connectivity index (χ4n) is 1.50. The quantitative estimate of drug-likeness (QED) is 0.382. The Labute approximate surface area is 141 Å². The van der Waals surface area contributed by atoms with Crippen molar-refractivity contribution >= 4 is 45.3 Å². The van der Waals surface area contributed by atoms with Crippen molar-refractivity contribution in [2.24, 2.45) is 0 Å². The number of aryl methyl sites for hydroxylation is 1. The number of thioether (sulfide) groups is 1. The predicted octanol–water partition coefficient (Wildman–Crippen LogP) is 5.74. The van der Waals surface area contributed by atoms with Crippen LogP contribution in [-0.4, -0.2) is 5.97 Å². The zero-order valence-corrected chi connectivity index (χ0v) is 14.3. The second-order valence-electron chi connectivity index (χ2n) is 4.25. The van der Waals surface area contributed by atoms with Gasteiger partial charge in [-0.25, -0.2) is 4.79 Å². The van der Waals surface area contributed by atoms with Crippen LogP contribution in [0.15, 0.2) is 68.5 Å². The smallest absolute Gasteiger partial charge is 0.343 e. The lowest BCUT2D eigenvalue weighted by atomic mass is 10.2. The van der Waals surface area contributed by atoms with Crippen LogP contribution in [0.5, 0.6) is 0 Å². The molecule has 21 heavy (non-hydrogen) atoms. The fraction of sp³-hybridized carbons (Fsp3) is 0.0625. The van der Waals surface area contributed by atoms with Gasteiger partial charge >= 0.3 is 5.97 Å². The Kier molecular flexibility index (Phi) is 5.91. The molecule has 2 rings (SSSR count). The summed E-state index contributed by atoms with van der Waals surface area (Å²) in [6.45, 7) is 2.02. The van der Waals surface area contributed by atoms with Crippen LogP contribution in [0.25, 0.3) is 0 Å². The Balaban J connectivity index is 1.95. The predicted molar refractivity (Wildman–Crippen MR) is 90.5 cm³/mol. The van der Waals surface area contributed by atoms with Gasteiger partial charge in [0.15, 0.2) is 0 Å². The maximum Gasteiger partial charge on any atom is 0.343 e. The molecule has 0 saturated carbocycles. The van der Waals surface area contributed by atoms with Crippen LogP contribution in [0.4, 0.5) is 0 Å². The fourth-order valence-corrected chi connectivity index (χ4v) is 2.67. The van der Waals surface area contributed by atoms with Crippen LogP contribution in [0.2, 0.25) is 0 Å². The van der Waals surface area contributed by atoms with Crippen LogP contribution >= 0.6 is 39.3 Å². The van der Waals surface area contributed by atoms with Crippen LogP contribution < -0.4 is 0 Å². The Morgan fingerprint density at radius 3 is 2.38 bits per heavy atom. The van der Waals surface area contributed by atoms with Gasteiger partial charge < -0.3 is 4.74 Å². The summed E-state index contributed by atoms with van der Waals surface area (Å²) in [5.74, 6) is -0.440. The topological polar surface area (TPSA) is 26.3 Å². The van der Waals surface area contributed by atoms with Gasteiger partial charge in [0.1, 0.15) is 10.6 Å². The molecular weight excluding hydrogens is 372 g/mol. The molecule has 0 spiro atoms. The van der Waals surface area contributed by atoms with Crippen LogP contribution in [0.3, 0.4) is 0 Å². The Bertz CT molecular complexity index is 651. The number of esters is 1. The van der Waals surface area contributed by atoms with Crippen molar-refractivity contribution in [3.63, 3.8) is 0 Å². The van der Waals surface area contributed by atoms with Gasteiger partial charge in [0, 0.05) is 9.37 Å². The van der Waals surface area contributed by atoms with Crippen LogP contribution in [0.1, 0.15) is 15.9 Å². The van der Waals surface area contributed by atoms with Crippen molar-refractivity contribution in [2.45, 2.75) is 11.8 Å². The Morgan fingerprint density at radius 1 is 1.14 bits per heavy atom. The standard InChI is InChI=1S/C16H12BrClO2S/c1-11-2-8-14(9-3-11)21-15(18)10-20-16(19)12-4-6-13(17)7-5-12/h2-10H,1H3/b15-10-. The molecular formula is C16H12BrClO2S. The largest absolute Gasteiger partial charge is 0.429 e. The first-order chi connectivity index (χ1) is 10.0. The van der Waals surface area contributed by atoms with Crippen LogP contribution in [0, 0.1) is 6.92 Å². The second kappa shape index (κ2) is 7.69. The van der Waals surface area contributed by atoms with Crippen molar-refractivity contribution in [1.29, 1.82) is 0 Å². The van der Waals surface area contributed by atoms with E-state index in [0.29, 0.717) is 9.93 Å². The summed E-state index contributed by atoms with van der Waals surface area (Å²) in [6, 6.07) is 14.9. The highest BCUT2D eigenvalue weighted by Crippen LogP contribution is 2.29.